The second-order valence-electron chi connectivity index (χ2n) is 7.75. The zero-order valence-electron chi connectivity index (χ0n) is 19.6. The molecule has 1 aliphatic heterocycles. The number of hydrogen-bond acceptors (Lipinski definition) is 6. The molecule has 9 nitrogen and oxygen atoms in total. The summed E-state index contributed by atoms with van der Waals surface area (Å²) in [6, 6.07) is 8.74. The Morgan fingerprint density at radius 3 is 2.40 bits per heavy atom. The first-order valence-electron chi connectivity index (χ1n) is 11.0. The summed E-state index contributed by atoms with van der Waals surface area (Å²) in [6.07, 6.45) is 0.317. The Bertz CT molecular complexity index is 1210. The van der Waals surface area contributed by atoms with Gasteiger partial charge in [-0.1, -0.05) is 36.2 Å². The van der Waals surface area contributed by atoms with Crippen LogP contribution in [0.1, 0.15) is 25.8 Å². The molecule has 0 aliphatic carbocycles. The summed E-state index contributed by atoms with van der Waals surface area (Å²) in [5.41, 5.74) is 0.898. The van der Waals surface area contributed by atoms with Crippen LogP contribution in [0.15, 0.2) is 36.4 Å². The number of carbonyl (C=O) groups is 2. The highest BCUT2D eigenvalue weighted by molar-refractivity contribution is 7.92. The molecule has 1 aliphatic rings. The zero-order chi connectivity index (χ0) is 25.8. The Kier molecular flexibility index (Phi) is 8.74. The van der Waals surface area contributed by atoms with Crippen LogP contribution >= 0.6 is 23.2 Å². The van der Waals surface area contributed by atoms with Crippen molar-refractivity contribution in [1.29, 1.82) is 0 Å². The lowest BCUT2D eigenvalue weighted by atomic mass is 10.1. The van der Waals surface area contributed by atoms with Gasteiger partial charge >= 0.3 is 0 Å². The highest BCUT2D eigenvalue weighted by atomic mass is 35.5. The molecule has 0 radical (unpaired) electrons. The monoisotopic (exact) mass is 543 g/mol. The van der Waals surface area contributed by atoms with Gasteiger partial charge in [0.25, 0.3) is 0 Å². The third-order valence-corrected chi connectivity index (χ3v) is 8.07. The lowest BCUT2D eigenvalue weighted by Gasteiger charge is -2.33. The van der Waals surface area contributed by atoms with Gasteiger partial charge in [0.15, 0.2) is 11.5 Å². The second-order valence-corrected chi connectivity index (χ2v) is 10.7. The van der Waals surface area contributed by atoms with Gasteiger partial charge in [0.2, 0.25) is 28.6 Å². The molecular formula is C23H27Cl2N3O6S. The van der Waals surface area contributed by atoms with E-state index in [0.29, 0.717) is 33.5 Å². The Morgan fingerprint density at radius 2 is 1.77 bits per heavy atom. The summed E-state index contributed by atoms with van der Waals surface area (Å²) in [4.78, 5) is 27.6. The summed E-state index contributed by atoms with van der Waals surface area (Å²) in [7, 11) is -2.37. The highest BCUT2D eigenvalue weighted by Gasteiger charge is 2.32. The number of nitrogens with one attached hydrogen (secondary N) is 1. The number of likely N-dealkylation sites (N-methyl/N-ethyl adjacent to an activating group) is 1. The molecule has 1 heterocycles. The van der Waals surface area contributed by atoms with E-state index in [2.05, 4.69) is 5.32 Å². The number of halogens is 2. The number of rotatable bonds is 10. The number of ether oxygens (including phenoxy) is 2. The number of fused-ring (bicyclic) bond motifs is 1. The molecular weight excluding hydrogens is 517 g/mol. The first kappa shape index (κ1) is 26.9. The Labute approximate surface area is 214 Å². The van der Waals surface area contributed by atoms with Crippen LogP contribution in [0.2, 0.25) is 10.0 Å². The number of nitrogens with zero attached hydrogens (tertiary/aromatic N) is 2. The van der Waals surface area contributed by atoms with Crippen molar-refractivity contribution in [3.63, 3.8) is 0 Å². The van der Waals surface area contributed by atoms with Crippen LogP contribution in [0.4, 0.5) is 5.69 Å². The molecule has 0 aromatic heterocycles. The van der Waals surface area contributed by atoms with Crippen LogP contribution < -0.4 is 19.1 Å². The standard InChI is InChI=1S/C23H27Cl2N3O6S/c1-4-19(23(30)26-3)27(12-15-6-8-17(24)18(25)10-15)22(29)13-28(35(31,32)5-2)16-7-9-20-21(11-16)34-14-33-20/h6-11,19H,4-5,12-14H2,1-3H3,(H,26,30)/t19-/m1/s1. The minimum Gasteiger partial charge on any atom is -0.454 e. The van der Waals surface area contributed by atoms with E-state index >= 15 is 0 Å². The second kappa shape index (κ2) is 11.4. The van der Waals surface area contributed by atoms with E-state index in [1.807, 2.05) is 0 Å². The Morgan fingerprint density at radius 1 is 1.06 bits per heavy atom. The van der Waals surface area contributed by atoms with Gasteiger partial charge in [0.05, 0.1) is 21.5 Å². The fraction of sp³-hybridized carbons (Fsp3) is 0.391. The molecule has 2 aromatic carbocycles. The zero-order valence-corrected chi connectivity index (χ0v) is 21.9. The van der Waals surface area contributed by atoms with Crippen LogP contribution in [-0.2, 0) is 26.2 Å². The Balaban J connectivity index is 1.98. The maximum atomic E-state index is 13.6. The van der Waals surface area contributed by atoms with E-state index in [-0.39, 0.29) is 30.7 Å². The lowest BCUT2D eigenvalue weighted by Crippen LogP contribution is -2.52. The Hall–Kier alpha value is -2.69. The average molecular weight is 544 g/mol. The molecule has 3 rings (SSSR count). The van der Waals surface area contributed by atoms with Gasteiger partial charge in [-0.05, 0) is 43.2 Å². The molecule has 0 bridgehead atoms. The van der Waals surface area contributed by atoms with E-state index in [1.165, 1.54) is 24.9 Å². The molecule has 1 atom stereocenters. The summed E-state index contributed by atoms with van der Waals surface area (Å²) in [5, 5.41) is 3.23. The van der Waals surface area contributed by atoms with Crippen LogP contribution in [0.5, 0.6) is 11.5 Å². The predicted octanol–water partition coefficient (Wildman–Crippen LogP) is 3.43. The molecule has 2 aromatic rings. The molecule has 0 fully saturated rings. The number of sulfonamides is 1. The smallest absolute Gasteiger partial charge is 0.244 e. The highest BCUT2D eigenvalue weighted by Crippen LogP contribution is 2.36. The fourth-order valence-corrected chi connectivity index (χ4v) is 5.06. The minimum absolute atomic E-state index is 0.0278. The van der Waals surface area contributed by atoms with Gasteiger partial charge in [-0.3, -0.25) is 13.9 Å². The number of benzene rings is 2. The predicted molar refractivity (Wildman–Crippen MR) is 135 cm³/mol. The van der Waals surface area contributed by atoms with Crippen molar-refractivity contribution in [1.82, 2.24) is 10.2 Å². The van der Waals surface area contributed by atoms with Crippen molar-refractivity contribution < 1.29 is 27.5 Å². The van der Waals surface area contributed by atoms with Crippen LogP contribution in [0.3, 0.4) is 0 Å². The first-order chi connectivity index (χ1) is 16.6. The van der Waals surface area contributed by atoms with E-state index in [9.17, 15) is 18.0 Å². The number of amides is 2. The maximum Gasteiger partial charge on any atom is 0.244 e. The molecule has 0 spiro atoms. The van der Waals surface area contributed by atoms with Crippen molar-refractivity contribution in [3.05, 3.63) is 52.0 Å². The third kappa shape index (κ3) is 6.12. The van der Waals surface area contributed by atoms with Gasteiger partial charge in [-0.25, -0.2) is 8.42 Å². The van der Waals surface area contributed by atoms with Gasteiger partial charge in [-0.15, -0.1) is 0 Å². The van der Waals surface area contributed by atoms with Crippen molar-refractivity contribution in [3.8, 4) is 11.5 Å². The summed E-state index contributed by atoms with van der Waals surface area (Å²) < 4.78 is 37.7. The summed E-state index contributed by atoms with van der Waals surface area (Å²) in [6.45, 7) is 2.81. The normalized spacial score (nSPS) is 13.3. The largest absolute Gasteiger partial charge is 0.454 e. The molecule has 0 saturated carbocycles. The van der Waals surface area contributed by atoms with Crippen molar-refractivity contribution in [2.45, 2.75) is 32.9 Å². The molecule has 1 N–H and O–H groups in total. The van der Waals surface area contributed by atoms with E-state index in [0.717, 1.165) is 4.31 Å². The van der Waals surface area contributed by atoms with Crippen molar-refractivity contribution >= 4 is 50.7 Å². The number of hydrogen-bond donors (Lipinski definition) is 1. The number of carbonyl (C=O) groups excluding carboxylic acids is 2. The topological polar surface area (TPSA) is 105 Å². The van der Waals surface area contributed by atoms with Crippen molar-refractivity contribution in [2.24, 2.45) is 0 Å². The molecule has 190 valence electrons. The van der Waals surface area contributed by atoms with E-state index in [4.69, 9.17) is 32.7 Å². The average Bonchev–Trinajstić information content (AvgIpc) is 3.32. The summed E-state index contributed by atoms with van der Waals surface area (Å²) >= 11 is 12.2. The molecule has 12 heteroatoms. The minimum atomic E-state index is -3.85. The first-order valence-corrected chi connectivity index (χ1v) is 13.3. The van der Waals surface area contributed by atoms with Gasteiger partial charge < -0.3 is 19.7 Å². The van der Waals surface area contributed by atoms with Gasteiger partial charge in [-0.2, -0.15) is 0 Å². The SMILES string of the molecule is CC[C@H](C(=O)NC)N(Cc1ccc(Cl)c(Cl)c1)C(=O)CN(c1ccc2c(c1)OCO2)S(=O)(=O)CC. The number of anilines is 1. The van der Waals surface area contributed by atoms with Crippen LogP contribution in [0, 0.1) is 0 Å². The maximum absolute atomic E-state index is 13.6. The van der Waals surface area contributed by atoms with Crippen LogP contribution in [-0.4, -0.2) is 57.3 Å². The summed E-state index contributed by atoms with van der Waals surface area (Å²) in [5.74, 6) is -0.277. The fourth-order valence-electron chi connectivity index (χ4n) is 3.68. The third-order valence-electron chi connectivity index (χ3n) is 5.59. The van der Waals surface area contributed by atoms with E-state index in [1.54, 1.807) is 37.3 Å². The molecule has 2 amide bonds. The molecule has 0 saturated heterocycles. The van der Waals surface area contributed by atoms with Crippen molar-refractivity contribution in [2.75, 3.05) is 30.4 Å². The van der Waals surface area contributed by atoms with E-state index < -0.39 is 28.5 Å². The molecule has 35 heavy (non-hydrogen) atoms. The van der Waals surface area contributed by atoms with Gasteiger partial charge in [0.1, 0.15) is 12.6 Å². The van der Waals surface area contributed by atoms with Gasteiger partial charge in [0, 0.05) is 19.7 Å². The molecule has 0 unspecified atom stereocenters. The van der Waals surface area contributed by atoms with Crippen LogP contribution in [0.25, 0.3) is 0 Å². The lowest BCUT2D eigenvalue weighted by molar-refractivity contribution is -0.140. The quantitative estimate of drug-likeness (QED) is 0.492.